The van der Waals surface area contributed by atoms with Gasteiger partial charge in [0.2, 0.25) is 5.29 Å². The number of hydrogen-bond donors (Lipinski definition) is 1. The quantitative estimate of drug-likeness (QED) is 0.671. The summed E-state index contributed by atoms with van der Waals surface area (Å²) in [5.74, 6) is 0.669. The molecule has 96 valence electrons. The Labute approximate surface area is 116 Å². The zero-order valence-corrected chi connectivity index (χ0v) is 11.8. The van der Waals surface area contributed by atoms with Crippen LogP contribution in [0.25, 0.3) is 0 Å². The third-order valence-electron chi connectivity index (χ3n) is 2.48. The molecule has 0 saturated heterocycles. The van der Waals surface area contributed by atoms with Crippen molar-refractivity contribution < 1.29 is 4.74 Å². The van der Waals surface area contributed by atoms with Crippen LogP contribution >= 0.6 is 23.2 Å². The number of ether oxygens (including phenoxy) is 1. The van der Waals surface area contributed by atoms with E-state index in [0.29, 0.717) is 5.75 Å². The molecule has 0 fully saturated rings. The molecular weight excluding hydrogens is 273 g/mol. The standard InChI is InChI=1S/C12H13Cl2N3O/c1-7-4-8(2)10(9(3)5-7)18-12(14)16-6-15-11(13)17-12/h4-6H,1-3H3,(H,15,16,17). The minimum absolute atomic E-state index is 0.141. The summed E-state index contributed by atoms with van der Waals surface area (Å²) in [6, 6.07) is 4.03. The molecule has 0 amide bonds. The topological polar surface area (TPSA) is 46.0 Å². The number of rotatable bonds is 2. The molecule has 0 aliphatic carbocycles. The Morgan fingerprint density at radius 1 is 1.22 bits per heavy atom. The predicted molar refractivity (Wildman–Crippen MR) is 74.8 cm³/mol. The lowest BCUT2D eigenvalue weighted by Crippen LogP contribution is -2.35. The van der Waals surface area contributed by atoms with Crippen LogP contribution in [0.15, 0.2) is 22.1 Å². The van der Waals surface area contributed by atoms with E-state index in [2.05, 4.69) is 15.3 Å². The third kappa shape index (κ3) is 2.76. The molecule has 1 heterocycles. The van der Waals surface area contributed by atoms with E-state index in [1.165, 1.54) is 6.34 Å². The van der Waals surface area contributed by atoms with E-state index in [1.807, 2.05) is 32.9 Å². The number of hydrogen-bond acceptors (Lipinski definition) is 4. The molecule has 0 spiro atoms. The largest absolute Gasteiger partial charge is 0.434 e. The highest BCUT2D eigenvalue weighted by atomic mass is 35.5. The van der Waals surface area contributed by atoms with Crippen molar-refractivity contribution in [2.75, 3.05) is 0 Å². The van der Waals surface area contributed by atoms with E-state index in [0.717, 1.165) is 16.7 Å². The summed E-state index contributed by atoms with van der Waals surface area (Å²) in [5, 5.41) is 1.23. The molecule has 1 atom stereocenters. The van der Waals surface area contributed by atoms with Crippen LogP contribution in [-0.4, -0.2) is 16.9 Å². The maximum atomic E-state index is 6.16. The Morgan fingerprint density at radius 3 is 2.39 bits per heavy atom. The molecule has 6 heteroatoms. The molecule has 2 rings (SSSR count). The van der Waals surface area contributed by atoms with Crippen LogP contribution in [0.3, 0.4) is 0 Å². The summed E-state index contributed by atoms with van der Waals surface area (Å²) in [7, 11) is 0. The van der Waals surface area contributed by atoms with Gasteiger partial charge >= 0.3 is 5.31 Å². The van der Waals surface area contributed by atoms with Crippen LogP contribution in [0.2, 0.25) is 0 Å². The molecular formula is C12H13Cl2N3O. The Kier molecular flexibility index (Phi) is 3.50. The predicted octanol–water partition coefficient (Wildman–Crippen LogP) is 3.07. The molecule has 1 N–H and O–H groups in total. The van der Waals surface area contributed by atoms with Crippen LogP contribution < -0.4 is 10.1 Å². The van der Waals surface area contributed by atoms with Gasteiger partial charge in [0.05, 0.1) is 6.34 Å². The van der Waals surface area contributed by atoms with Crippen LogP contribution in [-0.2, 0) is 0 Å². The molecule has 4 nitrogen and oxygen atoms in total. The molecule has 0 saturated carbocycles. The van der Waals surface area contributed by atoms with Gasteiger partial charge in [0.1, 0.15) is 5.75 Å². The van der Waals surface area contributed by atoms with Crippen molar-refractivity contribution in [2.45, 2.75) is 26.1 Å². The molecule has 0 aromatic heterocycles. The number of aliphatic imine (C=N–C) groups is 2. The van der Waals surface area contributed by atoms with E-state index >= 15 is 0 Å². The van der Waals surface area contributed by atoms with Crippen molar-refractivity contribution in [3.8, 4) is 5.75 Å². The first kappa shape index (κ1) is 13.2. The van der Waals surface area contributed by atoms with Crippen molar-refractivity contribution in [2.24, 2.45) is 9.98 Å². The fourth-order valence-electron chi connectivity index (χ4n) is 1.85. The molecule has 18 heavy (non-hydrogen) atoms. The lowest BCUT2D eigenvalue weighted by atomic mass is 10.1. The zero-order chi connectivity index (χ0) is 13.3. The molecule has 0 bridgehead atoms. The summed E-state index contributed by atoms with van der Waals surface area (Å²) >= 11 is 11.9. The maximum Gasteiger partial charge on any atom is 0.387 e. The van der Waals surface area contributed by atoms with Gasteiger partial charge in [-0.1, -0.05) is 17.7 Å². The number of aryl methyl sites for hydroxylation is 3. The van der Waals surface area contributed by atoms with Gasteiger partial charge in [-0.15, -0.1) is 0 Å². The molecule has 0 radical (unpaired) electrons. The highest BCUT2D eigenvalue weighted by molar-refractivity contribution is 6.66. The average molecular weight is 286 g/mol. The molecule has 1 aromatic rings. The summed E-state index contributed by atoms with van der Waals surface area (Å²) in [4.78, 5) is 7.88. The SMILES string of the molecule is Cc1cc(C)c(OC2(Cl)N=CNC(Cl)=N2)c(C)c1. The highest BCUT2D eigenvalue weighted by Crippen LogP contribution is 2.32. The molecule has 1 aliphatic rings. The molecule has 1 aromatic carbocycles. The van der Waals surface area contributed by atoms with Crippen LogP contribution in [0.4, 0.5) is 0 Å². The van der Waals surface area contributed by atoms with Gasteiger partial charge in [0, 0.05) is 0 Å². The van der Waals surface area contributed by atoms with Crippen molar-refractivity contribution >= 4 is 34.8 Å². The van der Waals surface area contributed by atoms with Gasteiger partial charge in [-0.3, -0.25) is 0 Å². The summed E-state index contributed by atoms with van der Waals surface area (Å²) in [5.41, 5.74) is 3.12. The number of nitrogens with one attached hydrogen (secondary N) is 1. The summed E-state index contributed by atoms with van der Waals surface area (Å²) in [6.07, 6.45) is 1.36. The highest BCUT2D eigenvalue weighted by Gasteiger charge is 2.31. The van der Waals surface area contributed by atoms with Gasteiger partial charge in [-0.25, -0.2) is 0 Å². The van der Waals surface area contributed by atoms with E-state index in [-0.39, 0.29) is 5.29 Å². The first-order chi connectivity index (χ1) is 8.39. The van der Waals surface area contributed by atoms with Gasteiger partial charge in [0.15, 0.2) is 0 Å². The first-order valence-corrected chi connectivity index (χ1v) is 6.16. The third-order valence-corrected chi connectivity index (χ3v) is 2.93. The number of benzene rings is 1. The number of amidine groups is 1. The Balaban J connectivity index is 2.35. The second kappa shape index (κ2) is 4.78. The van der Waals surface area contributed by atoms with Crippen LogP contribution in [0, 0.1) is 20.8 Å². The van der Waals surface area contributed by atoms with E-state index < -0.39 is 5.31 Å². The van der Waals surface area contributed by atoms with Crippen LogP contribution in [0.5, 0.6) is 5.75 Å². The number of halogens is 2. The van der Waals surface area contributed by atoms with Crippen molar-refractivity contribution in [3.63, 3.8) is 0 Å². The molecule has 1 aliphatic heterocycles. The number of alkyl halides is 1. The summed E-state index contributed by atoms with van der Waals surface area (Å²) in [6.45, 7) is 5.93. The van der Waals surface area contributed by atoms with Crippen molar-refractivity contribution in [1.29, 1.82) is 0 Å². The van der Waals surface area contributed by atoms with Gasteiger partial charge < -0.3 is 10.1 Å². The van der Waals surface area contributed by atoms with E-state index in [9.17, 15) is 0 Å². The number of nitrogens with zero attached hydrogens (tertiary/aromatic N) is 2. The second-order valence-electron chi connectivity index (χ2n) is 4.16. The fraction of sp³-hybridized carbons (Fsp3) is 0.333. The normalized spacial score (nSPS) is 22.4. The Morgan fingerprint density at radius 2 is 1.83 bits per heavy atom. The smallest absolute Gasteiger partial charge is 0.387 e. The minimum atomic E-state index is -1.53. The van der Waals surface area contributed by atoms with Crippen molar-refractivity contribution in [3.05, 3.63) is 28.8 Å². The molecule has 1 unspecified atom stereocenters. The first-order valence-electron chi connectivity index (χ1n) is 5.41. The average Bonchev–Trinajstić information content (AvgIpc) is 2.23. The van der Waals surface area contributed by atoms with Crippen molar-refractivity contribution in [1.82, 2.24) is 5.32 Å². The Bertz CT molecular complexity index is 519. The Hall–Kier alpha value is -1.26. The maximum absolute atomic E-state index is 6.16. The lowest BCUT2D eigenvalue weighted by molar-refractivity contribution is 0.174. The van der Waals surface area contributed by atoms with Crippen LogP contribution in [0.1, 0.15) is 16.7 Å². The summed E-state index contributed by atoms with van der Waals surface area (Å²) < 4.78 is 5.69. The van der Waals surface area contributed by atoms with E-state index in [1.54, 1.807) is 0 Å². The van der Waals surface area contributed by atoms with E-state index in [4.69, 9.17) is 27.9 Å². The second-order valence-corrected chi connectivity index (χ2v) is 5.01. The van der Waals surface area contributed by atoms with Gasteiger partial charge in [-0.05, 0) is 55.1 Å². The monoisotopic (exact) mass is 285 g/mol. The zero-order valence-electron chi connectivity index (χ0n) is 10.3. The minimum Gasteiger partial charge on any atom is -0.434 e. The van der Waals surface area contributed by atoms with Gasteiger partial charge in [0.25, 0.3) is 0 Å². The van der Waals surface area contributed by atoms with Gasteiger partial charge in [-0.2, -0.15) is 9.98 Å². The fourth-order valence-corrected chi connectivity index (χ4v) is 2.27. The lowest BCUT2D eigenvalue weighted by Gasteiger charge is -2.24.